The van der Waals surface area contributed by atoms with Crippen molar-refractivity contribution in [3.05, 3.63) is 29.3 Å². The molecular formula is C17H25NO. The number of fused-ring (bicyclic) bond motifs is 4. The molecule has 1 saturated heterocycles. The second-order valence-corrected chi connectivity index (χ2v) is 6.54. The van der Waals surface area contributed by atoms with Crippen molar-refractivity contribution < 1.29 is 5.11 Å². The van der Waals surface area contributed by atoms with Crippen LogP contribution in [0.3, 0.4) is 0 Å². The Balaban J connectivity index is 2.15. The van der Waals surface area contributed by atoms with Crippen LogP contribution in [0.25, 0.3) is 0 Å². The number of nitrogens with zero attached hydrogens (tertiary/aromatic N) is 1. The maximum absolute atomic E-state index is 9.90. The molecule has 1 heterocycles. The van der Waals surface area contributed by atoms with Gasteiger partial charge in [-0.15, -0.1) is 0 Å². The van der Waals surface area contributed by atoms with Crippen LogP contribution in [0.2, 0.25) is 0 Å². The molecule has 0 aromatic heterocycles. The molecule has 1 fully saturated rings. The smallest absolute Gasteiger partial charge is 0.115 e. The first-order chi connectivity index (χ1) is 9.08. The SMILES string of the molecule is CCC[C@@]12CCN(C)C(Cc3ccc(O)cc31)[C@@H]2C. The van der Waals surface area contributed by atoms with Crippen LogP contribution in [0.1, 0.15) is 44.2 Å². The maximum atomic E-state index is 9.90. The van der Waals surface area contributed by atoms with Gasteiger partial charge in [0.2, 0.25) is 0 Å². The van der Waals surface area contributed by atoms with Gasteiger partial charge in [0.1, 0.15) is 5.75 Å². The Morgan fingerprint density at radius 3 is 2.95 bits per heavy atom. The van der Waals surface area contributed by atoms with Gasteiger partial charge in [0.05, 0.1) is 0 Å². The first-order valence-corrected chi connectivity index (χ1v) is 7.61. The normalized spacial score (nSPS) is 34.1. The van der Waals surface area contributed by atoms with E-state index in [0.717, 1.165) is 6.42 Å². The van der Waals surface area contributed by atoms with E-state index in [-0.39, 0.29) is 5.41 Å². The molecule has 2 bridgehead atoms. The molecule has 2 heteroatoms. The Morgan fingerprint density at radius 1 is 1.42 bits per heavy atom. The lowest BCUT2D eigenvalue weighted by Gasteiger charge is -2.55. The Morgan fingerprint density at radius 2 is 2.21 bits per heavy atom. The summed E-state index contributed by atoms with van der Waals surface area (Å²) in [5.41, 5.74) is 3.19. The molecule has 0 saturated carbocycles. The van der Waals surface area contributed by atoms with Crippen molar-refractivity contribution in [3.63, 3.8) is 0 Å². The molecule has 1 N–H and O–H groups in total. The van der Waals surface area contributed by atoms with Crippen LogP contribution in [0.4, 0.5) is 0 Å². The van der Waals surface area contributed by atoms with E-state index in [1.807, 2.05) is 12.1 Å². The van der Waals surface area contributed by atoms with Crippen LogP contribution >= 0.6 is 0 Å². The minimum atomic E-state index is 0.290. The summed E-state index contributed by atoms with van der Waals surface area (Å²) in [4.78, 5) is 2.54. The number of hydrogen-bond acceptors (Lipinski definition) is 2. The van der Waals surface area contributed by atoms with Gasteiger partial charge in [-0.25, -0.2) is 0 Å². The van der Waals surface area contributed by atoms with Crippen molar-refractivity contribution in [2.24, 2.45) is 5.92 Å². The molecule has 1 aliphatic heterocycles. The summed E-state index contributed by atoms with van der Waals surface area (Å²) in [5.74, 6) is 1.11. The maximum Gasteiger partial charge on any atom is 0.115 e. The second-order valence-electron chi connectivity index (χ2n) is 6.54. The largest absolute Gasteiger partial charge is 0.508 e. The van der Waals surface area contributed by atoms with Crippen molar-refractivity contribution in [1.29, 1.82) is 0 Å². The van der Waals surface area contributed by atoms with Gasteiger partial charge in [-0.05, 0) is 62.0 Å². The summed E-state index contributed by atoms with van der Waals surface area (Å²) in [6, 6.07) is 6.71. The minimum Gasteiger partial charge on any atom is -0.508 e. The number of benzene rings is 1. The highest BCUT2D eigenvalue weighted by atomic mass is 16.3. The van der Waals surface area contributed by atoms with Crippen molar-refractivity contribution in [3.8, 4) is 5.75 Å². The van der Waals surface area contributed by atoms with Crippen LogP contribution < -0.4 is 0 Å². The van der Waals surface area contributed by atoms with Gasteiger partial charge in [0.25, 0.3) is 0 Å². The molecule has 104 valence electrons. The molecule has 0 radical (unpaired) electrons. The molecule has 2 nitrogen and oxygen atoms in total. The zero-order chi connectivity index (χ0) is 13.6. The fourth-order valence-electron chi connectivity index (χ4n) is 4.60. The number of likely N-dealkylation sites (N-methyl/N-ethyl adjacent to an activating group) is 1. The molecule has 1 aliphatic carbocycles. The van der Waals surface area contributed by atoms with Crippen molar-refractivity contribution in [1.82, 2.24) is 4.90 Å². The van der Waals surface area contributed by atoms with Gasteiger partial charge in [0, 0.05) is 11.5 Å². The first-order valence-electron chi connectivity index (χ1n) is 7.61. The molecule has 1 aromatic carbocycles. The van der Waals surface area contributed by atoms with E-state index in [9.17, 15) is 5.11 Å². The monoisotopic (exact) mass is 259 g/mol. The van der Waals surface area contributed by atoms with E-state index in [0.29, 0.717) is 17.7 Å². The summed E-state index contributed by atoms with van der Waals surface area (Å²) in [6.45, 7) is 5.89. The summed E-state index contributed by atoms with van der Waals surface area (Å²) >= 11 is 0. The summed E-state index contributed by atoms with van der Waals surface area (Å²) < 4.78 is 0. The molecule has 1 aromatic rings. The zero-order valence-corrected chi connectivity index (χ0v) is 12.3. The van der Waals surface area contributed by atoms with E-state index in [1.165, 1.54) is 36.9 Å². The molecule has 2 aliphatic rings. The van der Waals surface area contributed by atoms with Crippen LogP contribution in [0, 0.1) is 5.92 Å². The molecule has 0 amide bonds. The summed E-state index contributed by atoms with van der Waals surface area (Å²) in [7, 11) is 2.27. The van der Waals surface area contributed by atoms with E-state index in [4.69, 9.17) is 0 Å². The number of piperidine rings is 1. The highest BCUT2D eigenvalue weighted by molar-refractivity contribution is 5.44. The van der Waals surface area contributed by atoms with E-state index >= 15 is 0 Å². The number of aromatic hydroxyl groups is 1. The third-order valence-electron chi connectivity index (χ3n) is 5.68. The lowest BCUT2D eigenvalue weighted by molar-refractivity contribution is 0.0354. The number of likely N-dealkylation sites (tertiary alicyclic amines) is 1. The molecule has 3 atom stereocenters. The van der Waals surface area contributed by atoms with Crippen LogP contribution in [-0.2, 0) is 11.8 Å². The van der Waals surface area contributed by atoms with E-state index < -0.39 is 0 Å². The van der Waals surface area contributed by atoms with Gasteiger partial charge in [0.15, 0.2) is 0 Å². The van der Waals surface area contributed by atoms with Crippen LogP contribution in [-0.4, -0.2) is 29.6 Å². The fraction of sp³-hybridized carbons (Fsp3) is 0.647. The summed E-state index contributed by atoms with van der Waals surface area (Å²) in [6.07, 6.45) is 4.83. The van der Waals surface area contributed by atoms with Gasteiger partial charge < -0.3 is 10.0 Å². The molecule has 3 rings (SSSR count). The Bertz CT molecular complexity index is 484. The number of hydrogen-bond donors (Lipinski definition) is 1. The predicted molar refractivity (Wildman–Crippen MR) is 78.6 cm³/mol. The van der Waals surface area contributed by atoms with Gasteiger partial charge in [-0.1, -0.05) is 26.3 Å². The van der Waals surface area contributed by atoms with Crippen molar-refractivity contribution in [2.45, 2.75) is 51.0 Å². The Labute approximate surface area is 116 Å². The van der Waals surface area contributed by atoms with Crippen LogP contribution in [0.5, 0.6) is 5.75 Å². The Kier molecular flexibility index (Phi) is 3.09. The van der Waals surface area contributed by atoms with Gasteiger partial charge in [-0.2, -0.15) is 0 Å². The average molecular weight is 259 g/mol. The third kappa shape index (κ3) is 1.80. The summed E-state index contributed by atoms with van der Waals surface area (Å²) in [5, 5.41) is 9.90. The lowest BCUT2D eigenvalue weighted by atomic mass is 9.56. The average Bonchev–Trinajstić information content (AvgIpc) is 2.38. The van der Waals surface area contributed by atoms with Crippen molar-refractivity contribution >= 4 is 0 Å². The predicted octanol–water partition coefficient (Wildman–Crippen LogP) is 3.33. The zero-order valence-electron chi connectivity index (χ0n) is 12.3. The second kappa shape index (κ2) is 4.52. The van der Waals surface area contributed by atoms with Gasteiger partial charge >= 0.3 is 0 Å². The number of phenolic OH excluding ortho intramolecular Hbond substituents is 1. The highest BCUT2D eigenvalue weighted by Crippen LogP contribution is 2.51. The fourth-order valence-corrected chi connectivity index (χ4v) is 4.60. The molecule has 19 heavy (non-hydrogen) atoms. The highest BCUT2D eigenvalue weighted by Gasteiger charge is 2.49. The topological polar surface area (TPSA) is 23.5 Å². The number of phenols is 1. The van der Waals surface area contributed by atoms with Crippen molar-refractivity contribution in [2.75, 3.05) is 13.6 Å². The standard InChI is InChI=1S/C17H25NO/c1-4-7-17-8-9-18(3)16(12(17)2)10-13-5-6-14(19)11-15(13)17/h5-6,11-12,16,19H,4,7-10H2,1-3H3/t12-,16?,17-/m0/s1. The minimum absolute atomic E-state index is 0.290. The first kappa shape index (κ1) is 13.0. The van der Waals surface area contributed by atoms with Crippen LogP contribution in [0.15, 0.2) is 18.2 Å². The van der Waals surface area contributed by atoms with E-state index in [2.05, 4.69) is 31.9 Å². The Hall–Kier alpha value is -1.02. The third-order valence-corrected chi connectivity index (χ3v) is 5.68. The number of rotatable bonds is 2. The lowest BCUT2D eigenvalue weighted by Crippen LogP contribution is -2.57. The molecule has 1 unspecified atom stereocenters. The molecular weight excluding hydrogens is 234 g/mol. The van der Waals surface area contributed by atoms with Gasteiger partial charge in [-0.3, -0.25) is 0 Å². The quantitative estimate of drug-likeness (QED) is 0.880. The van der Waals surface area contributed by atoms with E-state index in [1.54, 1.807) is 0 Å². The molecule has 0 spiro atoms.